The van der Waals surface area contributed by atoms with E-state index in [1.165, 1.54) is 12.1 Å². The standard InChI is InChI=1S/C22H25F3N4O5/c23-22(24,25)34-17-13-11-16(12-14-17)27-21(32)28-18(9-5-2-6-10-19(30)29-33)20(31)26-15-7-3-1-4-8-15/h1,3-4,7-8,11-14,18,33H,2,5-6,9-10H2,(H,26,31)(H,29,30)(H2,27,28,32). The molecule has 0 radical (unpaired) electrons. The van der Waals surface area contributed by atoms with Gasteiger partial charge in [-0.05, 0) is 49.2 Å². The molecule has 2 aromatic rings. The van der Waals surface area contributed by atoms with Crippen LogP contribution in [0.2, 0.25) is 0 Å². The lowest BCUT2D eigenvalue weighted by Crippen LogP contribution is -2.45. The van der Waals surface area contributed by atoms with Crippen molar-refractivity contribution in [1.82, 2.24) is 10.8 Å². The van der Waals surface area contributed by atoms with Gasteiger partial charge < -0.3 is 20.7 Å². The first kappa shape index (κ1) is 26.5. The highest BCUT2D eigenvalue weighted by Crippen LogP contribution is 2.24. The molecule has 2 aromatic carbocycles. The second-order valence-electron chi connectivity index (χ2n) is 7.21. The second kappa shape index (κ2) is 13.0. The quantitative estimate of drug-likeness (QED) is 0.187. The van der Waals surface area contributed by atoms with Crippen LogP contribution in [-0.2, 0) is 9.59 Å². The van der Waals surface area contributed by atoms with Crippen LogP contribution in [0.1, 0.15) is 32.1 Å². The molecule has 5 N–H and O–H groups in total. The Morgan fingerprint density at radius 1 is 0.882 bits per heavy atom. The van der Waals surface area contributed by atoms with E-state index in [1.54, 1.807) is 35.8 Å². The van der Waals surface area contributed by atoms with Crippen molar-refractivity contribution in [2.24, 2.45) is 0 Å². The Kier molecular flexibility index (Phi) is 10.1. The number of urea groups is 1. The number of para-hydroxylation sites is 1. The number of hydroxylamine groups is 1. The van der Waals surface area contributed by atoms with Crippen molar-refractivity contribution in [2.75, 3.05) is 10.6 Å². The summed E-state index contributed by atoms with van der Waals surface area (Å²) in [6.07, 6.45) is -2.86. The number of hydrogen-bond acceptors (Lipinski definition) is 5. The van der Waals surface area contributed by atoms with Crippen LogP contribution < -0.4 is 26.2 Å². The molecule has 9 nitrogen and oxygen atoms in total. The number of alkyl halides is 3. The van der Waals surface area contributed by atoms with Gasteiger partial charge in [0.1, 0.15) is 11.8 Å². The van der Waals surface area contributed by atoms with Crippen LogP contribution in [0.15, 0.2) is 54.6 Å². The van der Waals surface area contributed by atoms with E-state index in [9.17, 15) is 27.6 Å². The highest BCUT2D eigenvalue weighted by Gasteiger charge is 2.31. The summed E-state index contributed by atoms with van der Waals surface area (Å²) in [6, 6.07) is 11.5. The molecular formula is C22H25F3N4O5. The number of hydrogen-bond donors (Lipinski definition) is 5. The molecule has 0 bridgehead atoms. The number of carbonyl (C=O) groups excluding carboxylic acids is 3. The summed E-state index contributed by atoms with van der Waals surface area (Å²) in [6.45, 7) is 0. The average molecular weight is 482 g/mol. The highest BCUT2D eigenvalue weighted by molar-refractivity contribution is 5.99. The lowest BCUT2D eigenvalue weighted by atomic mass is 10.1. The lowest BCUT2D eigenvalue weighted by molar-refractivity contribution is -0.274. The predicted octanol–water partition coefficient (Wildman–Crippen LogP) is 4.17. The van der Waals surface area contributed by atoms with Gasteiger partial charge in [-0.1, -0.05) is 31.0 Å². The van der Waals surface area contributed by atoms with E-state index in [-0.39, 0.29) is 18.5 Å². The number of carbonyl (C=O) groups is 3. The Bertz CT molecular complexity index is 940. The summed E-state index contributed by atoms with van der Waals surface area (Å²) in [5, 5.41) is 16.2. The monoisotopic (exact) mass is 482 g/mol. The van der Waals surface area contributed by atoms with E-state index in [4.69, 9.17) is 5.21 Å². The van der Waals surface area contributed by atoms with Gasteiger partial charge in [-0.15, -0.1) is 13.2 Å². The van der Waals surface area contributed by atoms with Crippen molar-refractivity contribution in [1.29, 1.82) is 0 Å². The van der Waals surface area contributed by atoms with Gasteiger partial charge in [-0.2, -0.15) is 0 Å². The average Bonchev–Trinajstić information content (AvgIpc) is 2.78. The molecule has 2 rings (SSSR count). The molecule has 12 heteroatoms. The van der Waals surface area contributed by atoms with Gasteiger partial charge in [-0.25, -0.2) is 10.3 Å². The van der Waals surface area contributed by atoms with Crippen molar-refractivity contribution in [2.45, 2.75) is 44.5 Å². The third kappa shape index (κ3) is 10.2. The van der Waals surface area contributed by atoms with Crippen LogP contribution in [0.4, 0.5) is 29.3 Å². The number of unbranched alkanes of at least 4 members (excludes halogenated alkanes) is 2. The molecule has 0 heterocycles. The van der Waals surface area contributed by atoms with Crippen LogP contribution in [-0.4, -0.2) is 35.5 Å². The number of rotatable bonds is 11. The van der Waals surface area contributed by atoms with Crippen molar-refractivity contribution in [3.05, 3.63) is 54.6 Å². The predicted molar refractivity (Wildman–Crippen MR) is 117 cm³/mol. The molecular weight excluding hydrogens is 457 g/mol. The number of ether oxygens (including phenoxy) is 1. The molecule has 0 saturated carbocycles. The zero-order valence-electron chi connectivity index (χ0n) is 18.0. The van der Waals surface area contributed by atoms with Gasteiger partial charge in [0.2, 0.25) is 11.8 Å². The van der Waals surface area contributed by atoms with Crippen LogP contribution in [0.3, 0.4) is 0 Å². The number of anilines is 2. The fraction of sp³-hybridized carbons (Fsp3) is 0.318. The molecule has 34 heavy (non-hydrogen) atoms. The third-order valence-corrected chi connectivity index (χ3v) is 4.53. The molecule has 0 spiro atoms. The Balaban J connectivity index is 1.95. The number of benzene rings is 2. The van der Waals surface area contributed by atoms with Gasteiger partial charge >= 0.3 is 12.4 Å². The van der Waals surface area contributed by atoms with Crippen LogP contribution in [0.5, 0.6) is 5.75 Å². The Labute approximate surface area is 193 Å². The normalized spacial score (nSPS) is 11.8. The molecule has 0 aromatic heterocycles. The SMILES string of the molecule is O=C(CCCCCC(NC(=O)Nc1ccc(OC(F)(F)F)cc1)C(=O)Nc1ccccc1)NO. The summed E-state index contributed by atoms with van der Waals surface area (Å²) in [5.74, 6) is -1.40. The molecule has 0 aliphatic heterocycles. The second-order valence-corrected chi connectivity index (χ2v) is 7.21. The van der Waals surface area contributed by atoms with Crippen LogP contribution in [0, 0.1) is 0 Å². The maximum Gasteiger partial charge on any atom is 0.573 e. The smallest absolute Gasteiger partial charge is 0.406 e. The lowest BCUT2D eigenvalue weighted by Gasteiger charge is -2.19. The maximum atomic E-state index is 12.7. The minimum Gasteiger partial charge on any atom is -0.406 e. The van der Waals surface area contributed by atoms with Gasteiger partial charge in [0, 0.05) is 17.8 Å². The van der Waals surface area contributed by atoms with Crippen molar-refractivity contribution in [3.63, 3.8) is 0 Å². The van der Waals surface area contributed by atoms with Gasteiger partial charge in [0.05, 0.1) is 0 Å². The largest absolute Gasteiger partial charge is 0.573 e. The summed E-state index contributed by atoms with van der Waals surface area (Å²) in [7, 11) is 0. The molecule has 0 fully saturated rings. The summed E-state index contributed by atoms with van der Waals surface area (Å²) in [4.78, 5) is 36.2. The van der Waals surface area contributed by atoms with Crippen molar-refractivity contribution < 1.29 is 37.5 Å². The fourth-order valence-electron chi connectivity index (χ4n) is 2.95. The molecule has 0 aliphatic rings. The Hall–Kier alpha value is -3.80. The first-order chi connectivity index (χ1) is 16.2. The Morgan fingerprint density at radius 3 is 2.15 bits per heavy atom. The van der Waals surface area contributed by atoms with Gasteiger partial charge in [0.15, 0.2) is 0 Å². The van der Waals surface area contributed by atoms with Gasteiger partial charge in [0.25, 0.3) is 0 Å². The number of halogens is 3. The fourth-order valence-corrected chi connectivity index (χ4v) is 2.95. The zero-order chi connectivity index (χ0) is 25.0. The van der Waals surface area contributed by atoms with E-state index in [2.05, 4.69) is 20.7 Å². The van der Waals surface area contributed by atoms with E-state index < -0.39 is 36.0 Å². The molecule has 1 atom stereocenters. The zero-order valence-corrected chi connectivity index (χ0v) is 18.0. The topological polar surface area (TPSA) is 129 Å². The molecule has 184 valence electrons. The van der Waals surface area contributed by atoms with E-state index in [1.807, 2.05) is 0 Å². The number of amides is 4. The first-order valence-corrected chi connectivity index (χ1v) is 10.4. The molecule has 1 unspecified atom stereocenters. The van der Waals surface area contributed by atoms with E-state index in [0.717, 1.165) is 12.1 Å². The summed E-state index contributed by atoms with van der Waals surface area (Å²) in [5.41, 5.74) is 2.28. The van der Waals surface area contributed by atoms with Gasteiger partial charge in [-0.3, -0.25) is 14.8 Å². The minimum atomic E-state index is -4.83. The van der Waals surface area contributed by atoms with E-state index >= 15 is 0 Å². The van der Waals surface area contributed by atoms with E-state index in [0.29, 0.717) is 24.9 Å². The minimum absolute atomic E-state index is 0.124. The van der Waals surface area contributed by atoms with Crippen LogP contribution in [0.25, 0.3) is 0 Å². The van der Waals surface area contributed by atoms with Crippen molar-refractivity contribution >= 4 is 29.2 Å². The Morgan fingerprint density at radius 2 is 1.53 bits per heavy atom. The first-order valence-electron chi connectivity index (χ1n) is 10.4. The summed E-state index contributed by atoms with van der Waals surface area (Å²) >= 11 is 0. The molecule has 0 saturated heterocycles. The van der Waals surface area contributed by atoms with Crippen LogP contribution >= 0.6 is 0 Å². The maximum absolute atomic E-state index is 12.7. The summed E-state index contributed by atoms with van der Waals surface area (Å²) < 4.78 is 40.6. The third-order valence-electron chi connectivity index (χ3n) is 4.53. The molecule has 4 amide bonds. The highest BCUT2D eigenvalue weighted by atomic mass is 19.4. The molecule has 0 aliphatic carbocycles. The number of nitrogens with one attached hydrogen (secondary N) is 4. The van der Waals surface area contributed by atoms with Crippen molar-refractivity contribution in [3.8, 4) is 5.75 Å².